The van der Waals surface area contributed by atoms with Crippen LogP contribution in [0.25, 0.3) is 0 Å². The van der Waals surface area contributed by atoms with Crippen LogP contribution >= 0.6 is 0 Å². The van der Waals surface area contributed by atoms with E-state index in [1.165, 1.54) is 5.56 Å². The fourth-order valence-electron chi connectivity index (χ4n) is 5.55. The summed E-state index contributed by atoms with van der Waals surface area (Å²) in [6.45, 7) is 3.67. The maximum Gasteiger partial charge on any atom is 0.317 e. The van der Waals surface area contributed by atoms with Gasteiger partial charge >= 0.3 is 6.03 Å². The Morgan fingerprint density at radius 3 is 2.73 bits per heavy atom. The molecule has 1 aromatic rings. The van der Waals surface area contributed by atoms with Crippen LogP contribution in [0.1, 0.15) is 56.9 Å². The van der Waals surface area contributed by atoms with E-state index in [9.17, 15) is 13.2 Å². The number of ether oxygens (including phenoxy) is 2. The van der Waals surface area contributed by atoms with Gasteiger partial charge in [0.1, 0.15) is 0 Å². The molecule has 2 aliphatic heterocycles. The van der Waals surface area contributed by atoms with E-state index in [0.29, 0.717) is 38.5 Å². The molecule has 1 spiro atoms. The first-order chi connectivity index (χ1) is 15.9. The molecule has 2 saturated heterocycles. The van der Waals surface area contributed by atoms with Crippen LogP contribution in [0.3, 0.4) is 0 Å². The molecule has 184 valence electrons. The smallest absolute Gasteiger partial charge is 0.317 e. The summed E-state index contributed by atoms with van der Waals surface area (Å²) in [6, 6.07) is 10.0. The van der Waals surface area contributed by atoms with Crippen molar-refractivity contribution in [2.45, 2.75) is 69.1 Å². The van der Waals surface area contributed by atoms with Crippen molar-refractivity contribution in [1.82, 2.24) is 14.9 Å². The predicted octanol–water partition coefficient (Wildman–Crippen LogP) is 2.61. The van der Waals surface area contributed by atoms with Crippen molar-refractivity contribution in [2.24, 2.45) is 0 Å². The largest absolute Gasteiger partial charge is 0.378 e. The van der Waals surface area contributed by atoms with Crippen molar-refractivity contribution in [3.63, 3.8) is 0 Å². The van der Waals surface area contributed by atoms with Gasteiger partial charge in [-0.3, -0.25) is 0 Å². The molecule has 2 unspecified atom stereocenters. The minimum Gasteiger partial charge on any atom is -0.378 e. The molecular formula is C24H37N3O5S. The fourth-order valence-corrected chi connectivity index (χ4v) is 6.90. The Hall–Kier alpha value is -1.68. The van der Waals surface area contributed by atoms with Gasteiger partial charge in [0.25, 0.3) is 0 Å². The molecule has 9 heteroatoms. The maximum absolute atomic E-state index is 12.9. The second-order valence-electron chi connectivity index (χ2n) is 9.50. The number of sulfonamides is 1. The molecule has 4 rings (SSSR count). The van der Waals surface area contributed by atoms with Crippen molar-refractivity contribution in [2.75, 3.05) is 38.7 Å². The summed E-state index contributed by atoms with van der Waals surface area (Å²) in [5, 5.41) is 2.88. The molecule has 0 radical (unpaired) electrons. The van der Waals surface area contributed by atoms with Crippen LogP contribution in [0.4, 0.5) is 4.79 Å². The lowest BCUT2D eigenvalue weighted by molar-refractivity contribution is -0.0533. The van der Waals surface area contributed by atoms with Crippen molar-refractivity contribution in [3.8, 4) is 0 Å². The monoisotopic (exact) mass is 479 g/mol. The van der Waals surface area contributed by atoms with Crippen molar-refractivity contribution >= 4 is 16.1 Å². The highest BCUT2D eigenvalue weighted by Crippen LogP contribution is 2.36. The quantitative estimate of drug-likeness (QED) is 0.677. The van der Waals surface area contributed by atoms with Gasteiger partial charge in [-0.2, -0.15) is 0 Å². The van der Waals surface area contributed by atoms with Gasteiger partial charge in [0.15, 0.2) is 0 Å². The number of likely N-dealkylation sites (tertiary alicyclic amines) is 1. The number of hydrogen-bond donors (Lipinski definition) is 2. The van der Waals surface area contributed by atoms with Gasteiger partial charge in [0, 0.05) is 13.1 Å². The molecule has 2 amide bonds. The van der Waals surface area contributed by atoms with Crippen LogP contribution in [0.15, 0.2) is 30.3 Å². The summed E-state index contributed by atoms with van der Waals surface area (Å²) in [5.74, 6) is 0.494. The van der Waals surface area contributed by atoms with Gasteiger partial charge in [0.2, 0.25) is 10.0 Å². The molecule has 3 fully saturated rings. The first kappa shape index (κ1) is 24.4. The SMILES string of the molecule is CCNC(=O)N1CCCC2(COCCS(=O)(=O)N2)C1COC1CCC(c2ccccc2)CC1. The van der Waals surface area contributed by atoms with Crippen LogP contribution in [-0.2, 0) is 19.5 Å². The molecule has 1 aromatic carbocycles. The highest BCUT2D eigenvalue weighted by Gasteiger charge is 2.50. The summed E-state index contributed by atoms with van der Waals surface area (Å²) in [5.41, 5.74) is 0.523. The van der Waals surface area contributed by atoms with E-state index < -0.39 is 21.6 Å². The van der Waals surface area contributed by atoms with E-state index in [1.807, 2.05) is 13.0 Å². The molecule has 0 aromatic heterocycles. The molecule has 1 aliphatic carbocycles. The van der Waals surface area contributed by atoms with E-state index >= 15 is 0 Å². The van der Waals surface area contributed by atoms with Crippen LogP contribution in [0.2, 0.25) is 0 Å². The standard InChI is InChI=1S/C24H37N3O5S/c1-2-25-23(28)27-14-6-13-24(18-31-15-16-33(29,30)26-24)22(27)17-32-21-11-9-20(10-12-21)19-7-4-3-5-8-19/h3-5,7-8,20-22,26H,2,6,9-18H2,1H3,(H,25,28). The van der Waals surface area contributed by atoms with Crippen molar-refractivity contribution < 1.29 is 22.7 Å². The normalized spacial score (nSPS) is 32.3. The average molecular weight is 480 g/mol. The molecule has 8 nitrogen and oxygen atoms in total. The number of rotatable bonds is 5. The minimum absolute atomic E-state index is 0.0625. The van der Waals surface area contributed by atoms with Crippen molar-refractivity contribution in [1.29, 1.82) is 0 Å². The zero-order valence-electron chi connectivity index (χ0n) is 19.5. The third-order valence-corrected chi connectivity index (χ3v) is 8.70. The number of nitrogens with zero attached hydrogens (tertiary/aromatic N) is 1. The van der Waals surface area contributed by atoms with E-state index in [-0.39, 0.29) is 31.1 Å². The lowest BCUT2D eigenvalue weighted by Gasteiger charge is -2.49. The Kier molecular flexibility index (Phi) is 7.94. The van der Waals surface area contributed by atoms with E-state index in [2.05, 4.69) is 34.3 Å². The summed E-state index contributed by atoms with van der Waals surface area (Å²) < 4.78 is 40.3. The van der Waals surface area contributed by atoms with Gasteiger partial charge in [-0.05, 0) is 56.9 Å². The molecule has 0 bridgehead atoms. The highest BCUT2D eigenvalue weighted by molar-refractivity contribution is 7.89. The van der Waals surface area contributed by atoms with Crippen LogP contribution in [0.5, 0.6) is 0 Å². The number of benzene rings is 1. The number of carbonyl (C=O) groups excluding carboxylic acids is 1. The number of amides is 2. The third-order valence-electron chi connectivity index (χ3n) is 7.27. The van der Waals surface area contributed by atoms with Crippen molar-refractivity contribution in [3.05, 3.63) is 35.9 Å². The van der Waals surface area contributed by atoms with Crippen LogP contribution in [0, 0.1) is 0 Å². The molecule has 2 atom stereocenters. The number of urea groups is 1. The first-order valence-corrected chi connectivity index (χ1v) is 13.9. The lowest BCUT2D eigenvalue weighted by atomic mass is 9.81. The number of carbonyl (C=O) groups is 1. The zero-order chi connectivity index (χ0) is 23.3. The molecule has 1 saturated carbocycles. The number of nitrogens with one attached hydrogen (secondary N) is 2. The first-order valence-electron chi connectivity index (χ1n) is 12.2. The summed E-state index contributed by atoms with van der Waals surface area (Å²) in [6.07, 6.45) is 5.51. The molecule has 2 N–H and O–H groups in total. The Labute approximate surface area is 197 Å². The van der Waals surface area contributed by atoms with E-state index in [0.717, 1.165) is 25.7 Å². The lowest BCUT2D eigenvalue weighted by Crippen LogP contribution is -2.70. The van der Waals surface area contributed by atoms with Crippen LogP contribution in [-0.4, -0.2) is 75.7 Å². The topological polar surface area (TPSA) is 97.0 Å². The van der Waals surface area contributed by atoms with Gasteiger partial charge in [-0.25, -0.2) is 17.9 Å². The number of hydrogen-bond acceptors (Lipinski definition) is 5. The second-order valence-corrected chi connectivity index (χ2v) is 11.3. The third kappa shape index (κ3) is 5.88. The van der Waals surface area contributed by atoms with Gasteiger partial charge in [-0.1, -0.05) is 30.3 Å². The average Bonchev–Trinajstić information content (AvgIpc) is 2.97. The molecule has 33 heavy (non-hydrogen) atoms. The molecule has 3 aliphatic rings. The second kappa shape index (κ2) is 10.7. The Morgan fingerprint density at radius 2 is 2.00 bits per heavy atom. The van der Waals surface area contributed by atoms with E-state index in [1.54, 1.807) is 4.90 Å². The van der Waals surface area contributed by atoms with Gasteiger partial charge in [-0.15, -0.1) is 0 Å². The Bertz CT molecular complexity index is 889. The predicted molar refractivity (Wildman–Crippen MR) is 127 cm³/mol. The summed E-state index contributed by atoms with van der Waals surface area (Å²) >= 11 is 0. The summed E-state index contributed by atoms with van der Waals surface area (Å²) in [4.78, 5) is 14.6. The van der Waals surface area contributed by atoms with E-state index in [4.69, 9.17) is 9.47 Å². The van der Waals surface area contributed by atoms with Crippen LogP contribution < -0.4 is 10.0 Å². The number of piperidine rings is 1. The highest BCUT2D eigenvalue weighted by atomic mass is 32.2. The zero-order valence-corrected chi connectivity index (χ0v) is 20.3. The molecule has 2 heterocycles. The fraction of sp³-hybridized carbons (Fsp3) is 0.708. The molecular weight excluding hydrogens is 442 g/mol. The van der Waals surface area contributed by atoms with Gasteiger partial charge in [0.05, 0.1) is 43.3 Å². The maximum atomic E-state index is 12.9. The summed E-state index contributed by atoms with van der Waals surface area (Å²) in [7, 11) is -3.49. The van der Waals surface area contributed by atoms with Gasteiger partial charge < -0.3 is 19.7 Å². The Balaban J connectivity index is 1.46. The minimum atomic E-state index is -3.49. The Morgan fingerprint density at radius 1 is 1.24 bits per heavy atom.